The predicted octanol–water partition coefficient (Wildman–Crippen LogP) is 7.36. The number of carbonyl (C=O) groups excluding carboxylic acids is 3. The lowest BCUT2D eigenvalue weighted by atomic mass is 9.87. The number of hydrogen-bond donors (Lipinski definition) is 3. The van der Waals surface area contributed by atoms with Crippen molar-refractivity contribution in [1.29, 1.82) is 0 Å². The van der Waals surface area contributed by atoms with Crippen LogP contribution in [0.2, 0.25) is 0 Å². The lowest BCUT2D eigenvalue weighted by Gasteiger charge is -2.26. The number of carbonyl (C=O) groups is 3. The van der Waals surface area contributed by atoms with Crippen LogP contribution in [-0.4, -0.2) is 68.0 Å². The first-order valence-electron chi connectivity index (χ1n) is 16.5. The Morgan fingerprint density at radius 1 is 0.692 bits per heavy atom. The normalized spacial score (nSPS) is 13.9. The van der Waals surface area contributed by atoms with Gasteiger partial charge in [0.15, 0.2) is 0 Å². The summed E-state index contributed by atoms with van der Waals surface area (Å²) in [5, 5.41) is 15.4. The highest BCUT2D eigenvalue weighted by atomic mass is 19.4. The number of amides is 2. The second-order valence-corrected chi connectivity index (χ2v) is 13.7. The number of alkyl halides is 6. The smallest absolute Gasteiger partial charge is 0.406 e. The predicted molar refractivity (Wildman–Crippen MR) is 180 cm³/mol. The number of aliphatic hydroxyl groups excluding tert-OH is 1. The molecule has 52 heavy (non-hydrogen) atoms. The van der Waals surface area contributed by atoms with Crippen LogP contribution in [0.5, 0.6) is 11.5 Å². The standard InChI is InChI=1S/C18H26F3NO4.C18H24F3NO4/c2*1-5-25-11-14(22-16(24)10-15(23)17(2,3)4)12-7-6-8-13(9-12)26-18(19,20)21/h6-9,14-15,23H,5,10-11H2,1-4H3,(H,22,24);6-9,14H,5,10-11H2,1-4H3,(H,22,24)/t14-,15?;14-/m00/s1. The van der Waals surface area contributed by atoms with Crippen LogP contribution in [0.3, 0.4) is 0 Å². The zero-order valence-corrected chi connectivity index (χ0v) is 30.7. The van der Waals surface area contributed by atoms with E-state index in [1.54, 1.807) is 67.5 Å². The summed E-state index contributed by atoms with van der Waals surface area (Å²) in [6.45, 7) is 15.0. The monoisotopic (exact) mass is 752 g/mol. The number of Topliss-reactive ketones (excluding diaryl/α,β-unsaturated/α-hetero) is 1. The fourth-order valence-electron chi connectivity index (χ4n) is 4.16. The molecular weight excluding hydrogens is 702 g/mol. The molecule has 0 bridgehead atoms. The molecule has 2 aromatic rings. The van der Waals surface area contributed by atoms with E-state index in [2.05, 4.69) is 20.1 Å². The quantitative estimate of drug-likeness (QED) is 0.120. The minimum Gasteiger partial charge on any atom is -0.406 e. The molecule has 0 aliphatic rings. The van der Waals surface area contributed by atoms with Crippen LogP contribution in [0.25, 0.3) is 0 Å². The van der Waals surface area contributed by atoms with Gasteiger partial charge in [0.05, 0.1) is 44.2 Å². The molecule has 0 fully saturated rings. The van der Waals surface area contributed by atoms with Crippen LogP contribution < -0.4 is 20.1 Å². The number of hydrogen-bond acceptors (Lipinski definition) is 8. The number of nitrogens with one attached hydrogen (secondary N) is 2. The largest absolute Gasteiger partial charge is 0.573 e. The van der Waals surface area contributed by atoms with Crippen LogP contribution in [0.15, 0.2) is 48.5 Å². The third-order valence-electron chi connectivity index (χ3n) is 7.17. The molecule has 0 radical (unpaired) electrons. The van der Waals surface area contributed by atoms with Crippen LogP contribution in [0, 0.1) is 10.8 Å². The zero-order chi connectivity index (χ0) is 39.9. The Balaban J connectivity index is 0.000000520. The summed E-state index contributed by atoms with van der Waals surface area (Å²) < 4.78 is 92.8. The van der Waals surface area contributed by atoms with Crippen LogP contribution in [0.1, 0.15) is 91.4 Å². The average molecular weight is 753 g/mol. The molecule has 0 aliphatic carbocycles. The van der Waals surface area contributed by atoms with Crippen molar-refractivity contribution in [2.24, 2.45) is 10.8 Å². The third-order valence-corrected chi connectivity index (χ3v) is 7.17. The van der Waals surface area contributed by atoms with Crippen molar-refractivity contribution in [3.63, 3.8) is 0 Å². The van der Waals surface area contributed by atoms with Gasteiger partial charge in [-0.25, -0.2) is 0 Å². The number of halogens is 6. The molecule has 0 heterocycles. The Kier molecular flexibility index (Phi) is 18.1. The van der Waals surface area contributed by atoms with E-state index in [0.29, 0.717) is 24.3 Å². The topological polar surface area (TPSA) is 132 Å². The van der Waals surface area contributed by atoms with Crippen molar-refractivity contribution in [3.8, 4) is 11.5 Å². The lowest BCUT2D eigenvalue weighted by molar-refractivity contribution is -0.275. The summed E-state index contributed by atoms with van der Waals surface area (Å²) in [5.41, 5.74) is -0.323. The molecule has 2 aromatic carbocycles. The van der Waals surface area contributed by atoms with E-state index >= 15 is 0 Å². The molecule has 0 saturated heterocycles. The van der Waals surface area contributed by atoms with E-state index < -0.39 is 59.3 Å². The van der Waals surface area contributed by atoms with Gasteiger partial charge in [-0.3, -0.25) is 14.4 Å². The number of ether oxygens (including phenoxy) is 4. The molecule has 0 spiro atoms. The molecule has 2 rings (SSSR count). The average Bonchev–Trinajstić information content (AvgIpc) is 2.99. The molecular formula is C36H50F6N2O8. The lowest BCUT2D eigenvalue weighted by Crippen LogP contribution is -2.37. The maximum atomic E-state index is 12.4. The third kappa shape index (κ3) is 19.1. The minimum atomic E-state index is -4.81. The Bertz CT molecular complexity index is 1420. The van der Waals surface area contributed by atoms with E-state index in [-0.39, 0.29) is 37.6 Å². The highest BCUT2D eigenvalue weighted by Gasteiger charge is 2.33. The minimum absolute atomic E-state index is 0.0570. The first kappa shape index (κ1) is 46.1. The number of benzene rings is 2. The highest BCUT2D eigenvalue weighted by molar-refractivity contribution is 6.00. The van der Waals surface area contributed by atoms with Gasteiger partial charge in [0, 0.05) is 18.6 Å². The maximum absolute atomic E-state index is 12.4. The van der Waals surface area contributed by atoms with Crippen LogP contribution in [0.4, 0.5) is 26.3 Å². The molecule has 3 N–H and O–H groups in total. The van der Waals surface area contributed by atoms with Gasteiger partial charge in [-0.1, -0.05) is 65.8 Å². The summed E-state index contributed by atoms with van der Waals surface area (Å²) in [6.07, 6.45) is -10.9. The molecule has 1 unspecified atom stereocenters. The van der Waals surface area contributed by atoms with E-state index in [1.165, 1.54) is 36.4 Å². The summed E-state index contributed by atoms with van der Waals surface area (Å²) in [4.78, 5) is 36.4. The van der Waals surface area contributed by atoms with Crippen molar-refractivity contribution in [2.45, 2.75) is 99.1 Å². The van der Waals surface area contributed by atoms with Crippen molar-refractivity contribution < 1.29 is 64.8 Å². The van der Waals surface area contributed by atoms with Crippen molar-refractivity contribution >= 4 is 17.6 Å². The first-order chi connectivity index (χ1) is 23.8. The number of rotatable bonds is 16. The second kappa shape index (κ2) is 20.4. The molecule has 294 valence electrons. The molecule has 2 amide bonds. The molecule has 0 saturated carbocycles. The van der Waals surface area contributed by atoms with Crippen molar-refractivity contribution in [1.82, 2.24) is 10.6 Å². The summed E-state index contributed by atoms with van der Waals surface area (Å²) in [7, 11) is 0. The summed E-state index contributed by atoms with van der Waals surface area (Å²) >= 11 is 0. The van der Waals surface area contributed by atoms with E-state index in [0.717, 1.165) is 0 Å². The van der Waals surface area contributed by atoms with E-state index in [4.69, 9.17) is 9.47 Å². The summed E-state index contributed by atoms with van der Waals surface area (Å²) in [5.74, 6) is -1.94. The fourth-order valence-corrected chi connectivity index (χ4v) is 4.16. The SMILES string of the molecule is CCOC[C@H](NC(=O)CC(=O)C(C)(C)C)c1cccc(OC(F)(F)F)c1.CCOC[C@H](NC(=O)CC(O)C(C)(C)C)c1cccc(OC(F)(F)F)c1. The zero-order valence-electron chi connectivity index (χ0n) is 30.7. The van der Waals surface area contributed by atoms with E-state index in [1.807, 2.05) is 0 Å². The van der Waals surface area contributed by atoms with Gasteiger partial charge in [0.25, 0.3) is 0 Å². The highest BCUT2D eigenvalue weighted by Crippen LogP contribution is 2.28. The van der Waals surface area contributed by atoms with Gasteiger partial charge in [0.2, 0.25) is 11.8 Å². The van der Waals surface area contributed by atoms with Gasteiger partial charge < -0.3 is 34.7 Å². The van der Waals surface area contributed by atoms with Gasteiger partial charge in [-0.2, -0.15) is 0 Å². The Hall–Kier alpha value is -3.89. The van der Waals surface area contributed by atoms with Gasteiger partial charge in [0.1, 0.15) is 17.3 Å². The van der Waals surface area contributed by atoms with Crippen molar-refractivity contribution in [2.75, 3.05) is 26.4 Å². The molecule has 10 nitrogen and oxygen atoms in total. The Morgan fingerprint density at radius 2 is 1.10 bits per heavy atom. The summed E-state index contributed by atoms with van der Waals surface area (Å²) in [6, 6.07) is 9.30. The van der Waals surface area contributed by atoms with Crippen LogP contribution >= 0.6 is 0 Å². The van der Waals surface area contributed by atoms with Gasteiger partial charge in [-0.15, -0.1) is 26.3 Å². The van der Waals surface area contributed by atoms with Gasteiger partial charge in [-0.05, 0) is 54.7 Å². The van der Waals surface area contributed by atoms with Gasteiger partial charge >= 0.3 is 12.7 Å². The van der Waals surface area contributed by atoms with E-state index in [9.17, 15) is 45.8 Å². The Labute approximate surface area is 300 Å². The molecule has 0 aromatic heterocycles. The fraction of sp³-hybridized carbons (Fsp3) is 0.583. The Morgan fingerprint density at radius 3 is 1.44 bits per heavy atom. The molecule has 16 heteroatoms. The molecule has 0 aliphatic heterocycles. The van der Waals surface area contributed by atoms with Crippen molar-refractivity contribution in [3.05, 3.63) is 59.7 Å². The van der Waals surface area contributed by atoms with Crippen LogP contribution in [-0.2, 0) is 23.9 Å². The number of aliphatic hydroxyl groups is 1. The second-order valence-electron chi connectivity index (χ2n) is 13.7. The number of ketones is 1. The maximum Gasteiger partial charge on any atom is 0.573 e. The molecule has 3 atom stereocenters. The first-order valence-corrected chi connectivity index (χ1v) is 16.5.